The third kappa shape index (κ3) is 9.40. The lowest BCUT2D eigenvalue weighted by Crippen LogP contribution is -2.45. The Balaban J connectivity index is 0.000000187. The molecular formula is C48H55F2N9O6. The molecule has 65 heavy (non-hydrogen) atoms. The van der Waals surface area contributed by atoms with E-state index in [4.69, 9.17) is 5.11 Å². The molecule has 4 aromatic heterocycles. The van der Waals surface area contributed by atoms with Crippen LogP contribution in [0.1, 0.15) is 78.7 Å². The van der Waals surface area contributed by atoms with Crippen molar-refractivity contribution in [3.05, 3.63) is 107 Å². The highest BCUT2D eigenvalue weighted by atomic mass is 19.1. The quantitative estimate of drug-likeness (QED) is 0.166. The number of benzene rings is 2. The van der Waals surface area contributed by atoms with Gasteiger partial charge in [0.2, 0.25) is 5.91 Å². The van der Waals surface area contributed by atoms with Crippen molar-refractivity contribution in [2.75, 3.05) is 45.8 Å². The zero-order valence-corrected chi connectivity index (χ0v) is 35.6. The largest absolute Gasteiger partial charge is 0.481 e. The Morgan fingerprint density at radius 3 is 1.69 bits per heavy atom. The van der Waals surface area contributed by atoms with Crippen LogP contribution in [-0.2, 0) is 48.6 Å². The average molecular weight is 892 g/mol. The van der Waals surface area contributed by atoms with Gasteiger partial charge in [0.1, 0.15) is 23.0 Å². The fraction of sp³-hybridized carbons (Fsp3) is 0.417. The molecule has 2 fully saturated rings. The molecule has 2 saturated heterocycles. The van der Waals surface area contributed by atoms with E-state index in [1.54, 1.807) is 32.7 Å². The predicted octanol–water partition coefficient (Wildman–Crippen LogP) is 6.86. The van der Waals surface area contributed by atoms with Crippen LogP contribution in [-0.4, -0.2) is 119 Å². The molecule has 5 amide bonds. The minimum Gasteiger partial charge on any atom is -0.481 e. The third-order valence-electron chi connectivity index (χ3n) is 12.8. The molecule has 4 aliphatic rings. The number of nitrogens with zero attached hydrogens (tertiary/aromatic N) is 8. The summed E-state index contributed by atoms with van der Waals surface area (Å²) < 4.78 is 34.6. The number of aliphatic carboxylic acids is 1. The Morgan fingerprint density at radius 2 is 1.17 bits per heavy atom. The minimum atomic E-state index is -0.936. The standard InChI is InChI=1S/C28H29FN6O3.C19H22FN3O3.CH4/c29-21-12-20-18-34(28(38)32-7-3-1-4-8-32)11-10-33-17-19(22(14-21)27(20)33)13-26(37)31-16-24(36)23-15-30-25-6-2-5-9-35(23)25;20-15-8-14-12-23(19(26)21-4-2-1-3-5-21)7-6-22-11-13(9-17(24)25)16(10-15)18(14)22;/h2,5-6,9,12,14-15,17H,1,3-4,7-8,10-11,13,16,18H2,(H,31,37);8,10-11H,1-7,9,12H2,(H,24,25);1H4. The number of carbonyl (C=O) groups is 5. The molecule has 0 atom stereocenters. The number of carbonyl (C=O) groups excluding carboxylic acids is 4. The summed E-state index contributed by atoms with van der Waals surface area (Å²) in [7, 11) is 0. The van der Waals surface area contributed by atoms with Crippen LogP contribution in [0, 0.1) is 11.6 Å². The van der Waals surface area contributed by atoms with E-state index in [1.165, 1.54) is 30.5 Å². The molecule has 4 aliphatic heterocycles. The summed E-state index contributed by atoms with van der Waals surface area (Å²) in [6.45, 7) is 5.78. The van der Waals surface area contributed by atoms with Crippen LogP contribution in [0.5, 0.6) is 0 Å². The predicted molar refractivity (Wildman–Crippen MR) is 241 cm³/mol. The van der Waals surface area contributed by atoms with Crippen molar-refractivity contribution in [2.24, 2.45) is 0 Å². The number of pyridine rings is 1. The molecule has 6 aromatic rings. The van der Waals surface area contributed by atoms with Gasteiger partial charge in [0.25, 0.3) is 0 Å². The van der Waals surface area contributed by atoms with Crippen LogP contribution in [0.2, 0.25) is 0 Å². The van der Waals surface area contributed by atoms with Crippen LogP contribution >= 0.6 is 0 Å². The normalized spacial score (nSPS) is 16.1. The summed E-state index contributed by atoms with van der Waals surface area (Å²) in [6.07, 6.45) is 13.2. The zero-order chi connectivity index (χ0) is 44.5. The molecule has 0 unspecified atom stereocenters. The Bertz CT molecular complexity index is 2780. The second kappa shape index (κ2) is 19.1. The molecule has 17 heteroatoms. The molecule has 0 radical (unpaired) electrons. The van der Waals surface area contributed by atoms with Crippen LogP contribution < -0.4 is 5.32 Å². The van der Waals surface area contributed by atoms with Crippen molar-refractivity contribution in [3.63, 3.8) is 0 Å². The van der Waals surface area contributed by atoms with Crippen molar-refractivity contribution >= 4 is 57.2 Å². The van der Waals surface area contributed by atoms with Gasteiger partial charge in [-0.05, 0) is 97.2 Å². The SMILES string of the molecule is C.O=C(Cc1cn2c3c(cc(F)cc13)CN(C(=O)N1CCCCC1)CC2)NCC(=O)c1cnc2ccccn12.O=C(O)Cc1cn2c3c(cc(F)cc13)CN(C(=O)N1CCCCC1)CC2. The van der Waals surface area contributed by atoms with Gasteiger partial charge in [-0.3, -0.25) is 18.8 Å². The number of halogens is 2. The molecule has 342 valence electrons. The maximum Gasteiger partial charge on any atom is 0.320 e. The number of rotatable bonds is 7. The van der Waals surface area contributed by atoms with E-state index in [0.717, 1.165) is 86.9 Å². The van der Waals surface area contributed by atoms with E-state index < -0.39 is 17.6 Å². The zero-order valence-electron chi connectivity index (χ0n) is 35.6. The van der Waals surface area contributed by atoms with Gasteiger partial charge in [0.05, 0.1) is 36.6 Å². The summed E-state index contributed by atoms with van der Waals surface area (Å²) in [5, 5.41) is 13.1. The van der Waals surface area contributed by atoms with Crippen molar-refractivity contribution in [1.29, 1.82) is 0 Å². The number of amides is 5. The molecular weight excluding hydrogens is 837 g/mol. The smallest absolute Gasteiger partial charge is 0.320 e. The molecule has 2 aromatic carbocycles. The fourth-order valence-electron chi connectivity index (χ4n) is 9.73. The number of Topliss-reactive ketones (excluding diaryl/α,β-unsaturated/α-hetero) is 1. The van der Waals surface area contributed by atoms with Crippen LogP contribution in [0.15, 0.2) is 67.3 Å². The molecule has 0 aliphatic carbocycles. The Morgan fingerprint density at radius 1 is 0.646 bits per heavy atom. The number of hydrogen-bond acceptors (Lipinski definition) is 6. The topological polar surface area (TPSA) is 158 Å². The average Bonchev–Trinajstić information content (AvgIpc) is 3.90. The first-order valence-corrected chi connectivity index (χ1v) is 22.1. The highest BCUT2D eigenvalue weighted by Gasteiger charge is 2.29. The fourth-order valence-corrected chi connectivity index (χ4v) is 9.73. The molecule has 0 spiro atoms. The summed E-state index contributed by atoms with van der Waals surface area (Å²) in [5.41, 5.74) is 5.53. The number of carboxylic acids is 1. The molecule has 8 heterocycles. The van der Waals surface area contributed by atoms with Gasteiger partial charge in [0, 0.05) is 94.8 Å². The minimum absolute atomic E-state index is 0. The second-order valence-corrected chi connectivity index (χ2v) is 17.1. The Kier molecular flexibility index (Phi) is 13.2. The number of piperidine rings is 2. The van der Waals surface area contributed by atoms with Gasteiger partial charge >= 0.3 is 18.0 Å². The van der Waals surface area contributed by atoms with Crippen molar-refractivity contribution in [3.8, 4) is 0 Å². The number of urea groups is 2. The van der Waals surface area contributed by atoms with Crippen molar-refractivity contribution < 1.29 is 37.9 Å². The van der Waals surface area contributed by atoms with Crippen molar-refractivity contribution in [2.45, 2.75) is 85.0 Å². The number of hydrogen-bond donors (Lipinski definition) is 2. The van der Waals surface area contributed by atoms with Gasteiger partial charge in [-0.1, -0.05) is 13.5 Å². The van der Waals surface area contributed by atoms with E-state index >= 15 is 0 Å². The maximum atomic E-state index is 14.7. The lowest BCUT2D eigenvalue weighted by Gasteiger charge is -2.32. The number of carboxylic acid groups (broad SMARTS) is 1. The number of ketones is 1. The number of likely N-dealkylation sites (tertiary alicyclic amines) is 2. The first-order valence-electron chi connectivity index (χ1n) is 22.1. The number of fused-ring (bicyclic) bond motifs is 1. The molecule has 15 nitrogen and oxygen atoms in total. The first-order chi connectivity index (χ1) is 31.0. The lowest BCUT2D eigenvalue weighted by molar-refractivity contribution is -0.136. The number of imidazole rings is 1. The molecule has 0 bridgehead atoms. The monoisotopic (exact) mass is 891 g/mol. The summed E-state index contributed by atoms with van der Waals surface area (Å²) in [5.74, 6) is -2.31. The third-order valence-corrected chi connectivity index (χ3v) is 12.8. The maximum absolute atomic E-state index is 14.7. The van der Waals surface area contributed by atoms with Gasteiger partial charge in [-0.2, -0.15) is 0 Å². The highest BCUT2D eigenvalue weighted by Crippen LogP contribution is 2.32. The number of nitrogens with one attached hydrogen (secondary N) is 1. The highest BCUT2D eigenvalue weighted by molar-refractivity contribution is 5.99. The lowest BCUT2D eigenvalue weighted by atomic mass is 10.1. The second-order valence-electron chi connectivity index (χ2n) is 17.1. The van der Waals surface area contributed by atoms with Gasteiger partial charge < -0.3 is 39.2 Å². The van der Waals surface area contributed by atoms with E-state index in [0.29, 0.717) is 72.5 Å². The van der Waals surface area contributed by atoms with E-state index in [1.807, 2.05) is 37.3 Å². The Labute approximate surface area is 375 Å². The van der Waals surface area contributed by atoms with Gasteiger partial charge in [0.15, 0.2) is 5.78 Å². The van der Waals surface area contributed by atoms with Crippen molar-refractivity contribution in [1.82, 2.24) is 43.4 Å². The summed E-state index contributed by atoms with van der Waals surface area (Å²) >= 11 is 0. The number of aromatic nitrogens is 4. The van der Waals surface area contributed by atoms with E-state index in [2.05, 4.69) is 10.3 Å². The van der Waals surface area contributed by atoms with Gasteiger partial charge in [-0.25, -0.2) is 23.4 Å². The summed E-state index contributed by atoms with van der Waals surface area (Å²) in [4.78, 5) is 74.2. The first kappa shape index (κ1) is 44.8. The summed E-state index contributed by atoms with van der Waals surface area (Å²) in [6, 6.07) is 11.3. The Hall–Kier alpha value is -6.78. The molecule has 0 saturated carbocycles. The molecule has 10 rings (SSSR count). The van der Waals surface area contributed by atoms with Crippen LogP contribution in [0.25, 0.3) is 27.5 Å². The van der Waals surface area contributed by atoms with Gasteiger partial charge in [-0.15, -0.1) is 0 Å². The van der Waals surface area contributed by atoms with Crippen LogP contribution in [0.4, 0.5) is 18.4 Å². The van der Waals surface area contributed by atoms with E-state index in [-0.39, 0.29) is 50.6 Å². The molecule has 2 N–H and O–H groups in total. The van der Waals surface area contributed by atoms with E-state index in [9.17, 15) is 32.8 Å². The van der Waals surface area contributed by atoms with Crippen LogP contribution in [0.3, 0.4) is 0 Å².